The zero-order valence-electron chi connectivity index (χ0n) is 13.0. The molecule has 1 aliphatic heterocycles. The van der Waals surface area contributed by atoms with Crippen LogP contribution < -0.4 is 0 Å². The Bertz CT molecular complexity index is 833. The fraction of sp³-hybridized carbons (Fsp3) is 0.312. The van der Waals surface area contributed by atoms with Gasteiger partial charge in [-0.3, -0.25) is 4.79 Å². The van der Waals surface area contributed by atoms with Gasteiger partial charge in [0.15, 0.2) is 5.82 Å². The number of benzene rings is 1. The molecule has 0 bridgehead atoms. The molecule has 7 nitrogen and oxygen atoms in total. The summed E-state index contributed by atoms with van der Waals surface area (Å²) in [6, 6.07) is 10.1. The topological polar surface area (TPSA) is 85.0 Å². The maximum absolute atomic E-state index is 12.8. The summed E-state index contributed by atoms with van der Waals surface area (Å²) in [4.78, 5) is 19.5. The van der Waals surface area contributed by atoms with Gasteiger partial charge in [0.25, 0.3) is 5.91 Å². The average Bonchev–Trinajstić information content (AvgIpc) is 3.35. The minimum atomic E-state index is -0.0329. The molecule has 3 heterocycles. The van der Waals surface area contributed by atoms with Crippen molar-refractivity contribution in [3.05, 3.63) is 58.7 Å². The van der Waals surface area contributed by atoms with E-state index < -0.39 is 0 Å². The van der Waals surface area contributed by atoms with Crippen LogP contribution in [0.3, 0.4) is 0 Å². The first kappa shape index (κ1) is 14.9. The van der Waals surface area contributed by atoms with Crippen LogP contribution in [-0.4, -0.2) is 43.6 Å². The highest BCUT2D eigenvalue weighted by atomic mass is 32.1. The molecular weight excluding hydrogens is 326 g/mol. The average molecular weight is 341 g/mol. The maximum Gasteiger partial charge on any atom is 0.267 e. The molecule has 1 aromatic carbocycles. The number of hydrogen-bond acceptors (Lipinski definition) is 7. The standard InChI is InChI=1S/C16H15N5O2S/c1-10-14(24-20-18-10)16(22)21-7-12(11-5-3-2-4-6-11)13(8-21)15-17-9-23-19-15/h2-6,9,12-13H,7-8H2,1H3/t12-,13-/m1/s1. The second-order valence-electron chi connectivity index (χ2n) is 5.81. The van der Waals surface area contributed by atoms with Crippen molar-refractivity contribution >= 4 is 17.4 Å². The minimum absolute atomic E-state index is 0.0105. The molecule has 0 saturated carbocycles. The summed E-state index contributed by atoms with van der Waals surface area (Å²) in [6.45, 7) is 2.97. The second kappa shape index (κ2) is 6.12. The van der Waals surface area contributed by atoms with Crippen LogP contribution in [0.4, 0.5) is 0 Å². The molecule has 0 spiro atoms. The largest absolute Gasteiger partial charge is 0.343 e. The van der Waals surface area contributed by atoms with Crippen molar-refractivity contribution in [1.29, 1.82) is 0 Å². The monoisotopic (exact) mass is 341 g/mol. The molecule has 0 aliphatic carbocycles. The molecule has 4 rings (SSSR count). The number of aryl methyl sites for hydroxylation is 1. The van der Waals surface area contributed by atoms with Crippen LogP contribution >= 0.6 is 11.5 Å². The van der Waals surface area contributed by atoms with Crippen molar-refractivity contribution < 1.29 is 9.32 Å². The van der Waals surface area contributed by atoms with E-state index in [0.717, 1.165) is 11.5 Å². The highest BCUT2D eigenvalue weighted by molar-refractivity contribution is 7.07. The summed E-state index contributed by atoms with van der Waals surface area (Å²) >= 11 is 1.14. The third-order valence-corrected chi connectivity index (χ3v) is 5.21. The first-order chi connectivity index (χ1) is 11.7. The number of aromatic nitrogens is 4. The van der Waals surface area contributed by atoms with Gasteiger partial charge >= 0.3 is 0 Å². The first-order valence-electron chi connectivity index (χ1n) is 7.63. The Balaban J connectivity index is 1.66. The first-order valence-corrected chi connectivity index (χ1v) is 8.41. The molecule has 1 fully saturated rings. The van der Waals surface area contributed by atoms with Gasteiger partial charge in [-0.2, -0.15) is 4.98 Å². The zero-order valence-corrected chi connectivity index (χ0v) is 13.8. The Morgan fingerprint density at radius 1 is 1.25 bits per heavy atom. The molecule has 1 aliphatic rings. The Hall–Kier alpha value is -2.61. The molecule has 122 valence electrons. The Labute approximate surface area is 142 Å². The third-order valence-electron chi connectivity index (χ3n) is 4.39. The van der Waals surface area contributed by atoms with E-state index in [1.807, 2.05) is 23.1 Å². The van der Waals surface area contributed by atoms with Crippen molar-refractivity contribution in [2.75, 3.05) is 13.1 Å². The lowest BCUT2D eigenvalue weighted by Gasteiger charge is -2.15. The number of amides is 1. The Kier molecular flexibility index (Phi) is 3.81. The summed E-state index contributed by atoms with van der Waals surface area (Å²) in [5, 5.41) is 7.94. The number of carbonyl (C=O) groups excluding carboxylic acids is 1. The van der Waals surface area contributed by atoms with Gasteiger partial charge in [0.2, 0.25) is 6.39 Å². The smallest absolute Gasteiger partial charge is 0.267 e. The SMILES string of the molecule is Cc1nnsc1C(=O)N1C[C@H](c2ccccc2)[C@H](c2ncon2)C1. The molecule has 24 heavy (non-hydrogen) atoms. The molecule has 1 saturated heterocycles. The molecule has 1 amide bonds. The minimum Gasteiger partial charge on any atom is -0.343 e. The van der Waals surface area contributed by atoms with Crippen LogP contribution in [-0.2, 0) is 0 Å². The van der Waals surface area contributed by atoms with Gasteiger partial charge in [-0.15, -0.1) is 5.10 Å². The van der Waals surface area contributed by atoms with Gasteiger partial charge in [-0.25, -0.2) is 0 Å². The Morgan fingerprint density at radius 2 is 2.04 bits per heavy atom. The van der Waals surface area contributed by atoms with Crippen molar-refractivity contribution in [3.63, 3.8) is 0 Å². The van der Waals surface area contributed by atoms with Gasteiger partial charge in [0.1, 0.15) is 4.88 Å². The summed E-state index contributed by atoms with van der Waals surface area (Å²) < 4.78 is 8.78. The normalized spacial score (nSPS) is 20.5. The van der Waals surface area contributed by atoms with Crippen molar-refractivity contribution in [2.24, 2.45) is 0 Å². The maximum atomic E-state index is 12.8. The molecule has 0 N–H and O–H groups in total. The number of likely N-dealkylation sites (tertiary alicyclic amines) is 1. The fourth-order valence-corrected chi connectivity index (χ4v) is 3.81. The molecule has 0 radical (unpaired) electrons. The zero-order chi connectivity index (χ0) is 16.5. The lowest BCUT2D eigenvalue weighted by Crippen LogP contribution is -2.28. The van der Waals surface area contributed by atoms with Gasteiger partial charge in [-0.1, -0.05) is 40.0 Å². The quantitative estimate of drug-likeness (QED) is 0.726. The number of rotatable bonds is 3. The number of nitrogens with zero attached hydrogens (tertiary/aromatic N) is 5. The molecule has 8 heteroatoms. The van der Waals surface area contributed by atoms with Crippen LogP contribution in [0.5, 0.6) is 0 Å². The van der Waals surface area contributed by atoms with Crippen LogP contribution in [0.25, 0.3) is 0 Å². The number of hydrogen-bond donors (Lipinski definition) is 0. The predicted molar refractivity (Wildman–Crippen MR) is 86.8 cm³/mol. The van der Waals surface area contributed by atoms with Crippen molar-refractivity contribution in [1.82, 2.24) is 24.6 Å². The van der Waals surface area contributed by atoms with Crippen molar-refractivity contribution in [2.45, 2.75) is 18.8 Å². The summed E-state index contributed by atoms with van der Waals surface area (Å²) in [7, 11) is 0. The third kappa shape index (κ3) is 2.58. The molecule has 3 aromatic rings. The van der Waals surface area contributed by atoms with E-state index in [1.165, 1.54) is 12.0 Å². The van der Waals surface area contributed by atoms with Gasteiger partial charge < -0.3 is 9.42 Å². The van der Waals surface area contributed by atoms with Crippen LogP contribution in [0.1, 0.15) is 38.6 Å². The number of carbonyl (C=O) groups is 1. The molecular formula is C16H15N5O2S. The highest BCUT2D eigenvalue weighted by Crippen LogP contribution is 2.39. The van der Waals surface area contributed by atoms with Crippen molar-refractivity contribution in [3.8, 4) is 0 Å². The summed E-state index contributed by atoms with van der Waals surface area (Å²) in [6.07, 6.45) is 1.33. The van der Waals surface area contributed by atoms with Crippen LogP contribution in [0, 0.1) is 6.92 Å². The van der Waals surface area contributed by atoms with E-state index in [1.54, 1.807) is 6.92 Å². The van der Waals surface area contributed by atoms with Crippen LogP contribution in [0.15, 0.2) is 41.2 Å². The van der Waals surface area contributed by atoms with E-state index in [0.29, 0.717) is 29.5 Å². The summed E-state index contributed by atoms with van der Waals surface area (Å²) in [5.41, 5.74) is 1.84. The lowest BCUT2D eigenvalue weighted by molar-refractivity contribution is 0.0792. The van der Waals surface area contributed by atoms with Gasteiger partial charge in [0.05, 0.1) is 5.69 Å². The van der Waals surface area contributed by atoms with E-state index >= 15 is 0 Å². The molecule has 0 unspecified atom stereocenters. The highest BCUT2D eigenvalue weighted by Gasteiger charge is 2.40. The second-order valence-corrected chi connectivity index (χ2v) is 6.56. The van der Waals surface area contributed by atoms with Crippen LogP contribution in [0.2, 0.25) is 0 Å². The van der Waals surface area contributed by atoms with Gasteiger partial charge in [-0.05, 0) is 24.0 Å². The fourth-order valence-electron chi connectivity index (χ4n) is 3.18. The van der Waals surface area contributed by atoms with Gasteiger partial charge in [0, 0.05) is 24.9 Å². The van der Waals surface area contributed by atoms with E-state index in [4.69, 9.17) is 4.52 Å². The lowest BCUT2D eigenvalue weighted by atomic mass is 9.88. The predicted octanol–water partition coefficient (Wildman–Crippen LogP) is 2.25. The van der Waals surface area contributed by atoms with E-state index in [2.05, 4.69) is 31.9 Å². The molecule has 2 aromatic heterocycles. The molecule has 2 atom stereocenters. The van der Waals surface area contributed by atoms with E-state index in [-0.39, 0.29) is 17.7 Å². The summed E-state index contributed by atoms with van der Waals surface area (Å²) in [5.74, 6) is 0.748. The Morgan fingerprint density at radius 3 is 2.71 bits per heavy atom. The van der Waals surface area contributed by atoms with E-state index in [9.17, 15) is 4.79 Å².